The molecule has 156 valence electrons. The molecule has 10 heteroatoms. The molecule has 30 heavy (non-hydrogen) atoms. The molecule has 0 saturated heterocycles. The minimum Gasteiger partial charge on any atom is -0.378 e. The maximum atomic E-state index is 12.6. The van der Waals surface area contributed by atoms with Crippen LogP contribution in [-0.2, 0) is 22.2 Å². The lowest BCUT2D eigenvalue weighted by atomic mass is 10.0. The first-order valence-electron chi connectivity index (χ1n) is 8.80. The van der Waals surface area contributed by atoms with Crippen LogP contribution in [0.15, 0.2) is 54.7 Å². The summed E-state index contributed by atoms with van der Waals surface area (Å²) in [5.41, 5.74) is 6.00. The van der Waals surface area contributed by atoms with E-state index in [2.05, 4.69) is 15.3 Å². The number of carbonyl (C=O) groups is 2. The normalized spacial score (nSPS) is 13.6. The first kappa shape index (κ1) is 21.2. The first-order valence-corrected chi connectivity index (χ1v) is 8.80. The molecule has 0 bridgehead atoms. The van der Waals surface area contributed by atoms with Gasteiger partial charge in [-0.3, -0.25) is 14.6 Å². The molecule has 0 saturated carbocycles. The summed E-state index contributed by atoms with van der Waals surface area (Å²) in [6, 6.07) is 9.35. The van der Waals surface area contributed by atoms with Crippen LogP contribution in [0, 0.1) is 0 Å². The van der Waals surface area contributed by atoms with Gasteiger partial charge in [0.05, 0.1) is 22.3 Å². The SMILES string of the molecule is NC(=O)[C@H](Cc1cnc2ccccc2n1)NC(=O)[C@@H](O)c1ccc(C(F)(F)F)cc1. The van der Waals surface area contributed by atoms with E-state index in [1.54, 1.807) is 24.3 Å². The number of nitrogens with two attached hydrogens (primary N) is 1. The summed E-state index contributed by atoms with van der Waals surface area (Å²) in [5.74, 6) is -1.84. The summed E-state index contributed by atoms with van der Waals surface area (Å²) in [7, 11) is 0. The predicted octanol–water partition coefficient (Wildman–Crippen LogP) is 1.89. The number of carbonyl (C=O) groups excluding carboxylic acids is 2. The molecule has 2 atom stereocenters. The lowest BCUT2D eigenvalue weighted by Gasteiger charge is -2.18. The van der Waals surface area contributed by atoms with Crippen LogP contribution >= 0.6 is 0 Å². The van der Waals surface area contributed by atoms with E-state index < -0.39 is 35.7 Å². The molecule has 0 aliphatic rings. The Balaban J connectivity index is 1.72. The van der Waals surface area contributed by atoms with Crippen LogP contribution in [0.4, 0.5) is 13.2 Å². The molecule has 0 fully saturated rings. The third kappa shape index (κ3) is 4.90. The Morgan fingerprint density at radius 2 is 1.70 bits per heavy atom. The maximum Gasteiger partial charge on any atom is 0.416 e. The van der Waals surface area contributed by atoms with Gasteiger partial charge in [-0.2, -0.15) is 13.2 Å². The van der Waals surface area contributed by atoms with Crippen molar-refractivity contribution in [1.82, 2.24) is 15.3 Å². The van der Waals surface area contributed by atoms with E-state index in [0.717, 1.165) is 24.3 Å². The van der Waals surface area contributed by atoms with Crippen molar-refractivity contribution < 1.29 is 27.9 Å². The highest BCUT2D eigenvalue weighted by Gasteiger charge is 2.31. The second-order valence-electron chi connectivity index (χ2n) is 6.54. The van der Waals surface area contributed by atoms with Gasteiger partial charge in [-0.1, -0.05) is 24.3 Å². The molecule has 1 heterocycles. The van der Waals surface area contributed by atoms with Gasteiger partial charge in [0.15, 0.2) is 6.10 Å². The highest BCUT2D eigenvalue weighted by atomic mass is 19.4. The van der Waals surface area contributed by atoms with Crippen LogP contribution in [0.3, 0.4) is 0 Å². The number of rotatable bonds is 6. The van der Waals surface area contributed by atoms with Gasteiger partial charge in [-0.05, 0) is 29.8 Å². The van der Waals surface area contributed by atoms with Crippen molar-refractivity contribution in [3.8, 4) is 0 Å². The Hall–Kier alpha value is -3.53. The molecule has 3 rings (SSSR count). The number of amides is 2. The van der Waals surface area contributed by atoms with Crippen molar-refractivity contribution in [1.29, 1.82) is 0 Å². The van der Waals surface area contributed by atoms with E-state index in [9.17, 15) is 27.9 Å². The largest absolute Gasteiger partial charge is 0.416 e. The molecule has 2 amide bonds. The molecular formula is C20H17F3N4O3. The Bertz CT molecular complexity index is 1070. The van der Waals surface area contributed by atoms with Crippen LogP contribution in [0.2, 0.25) is 0 Å². The number of fused-ring (bicyclic) bond motifs is 1. The van der Waals surface area contributed by atoms with Gasteiger partial charge < -0.3 is 16.2 Å². The third-order valence-corrected chi connectivity index (χ3v) is 4.37. The molecule has 0 radical (unpaired) electrons. The van der Waals surface area contributed by atoms with Gasteiger partial charge in [0, 0.05) is 12.6 Å². The minimum atomic E-state index is -4.54. The molecule has 4 N–H and O–H groups in total. The number of aliphatic hydroxyl groups is 1. The predicted molar refractivity (Wildman–Crippen MR) is 101 cm³/mol. The molecule has 7 nitrogen and oxygen atoms in total. The summed E-state index contributed by atoms with van der Waals surface area (Å²) in [4.78, 5) is 32.6. The van der Waals surface area contributed by atoms with Crippen molar-refractivity contribution in [2.45, 2.75) is 24.7 Å². The Morgan fingerprint density at radius 3 is 2.30 bits per heavy atom. The lowest BCUT2D eigenvalue weighted by molar-refractivity contribution is -0.137. The van der Waals surface area contributed by atoms with Gasteiger partial charge in [0.25, 0.3) is 5.91 Å². The number of hydrogen-bond donors (Lipinski definition) is 3. The molecule has 0 aliphatic heterocycles. The molecule has 3 aromatic rings. The number of halogens is 3. The van der Waals surface area contributed by atoms with E-state index in [4.69, 9.17) is 5.73 Å². The van der Waals surface area contributed by atoms with E-state index in [0.29, 0.717) is 16.7 Å². The fourth-order valence-electron chi connectivity index (χ4n) is 2.78. The third-order valence-electron chi connectivity index (χ3n) is 4.37. The number of para-hydroxylation sites is 2. The number of hydrogen-bond acceptors (Lipinski definition) is 5. The Morgan fingerprint density at radius 1 is 1.07 bits per heavy atom. The van der Waals surface area contributed by atoms with Gasteiger partial charge >= 0.3 is 6.18 Å². The monoisotopic (exact) mass is 418 g/mol. The van der Waals surface area contributed by atoms with Crippen molar-refractivity contribution >= 4 is 22.8 Å². The van der Waals surface area contributed by atoms with Crippen LogP contribution in [0.5, 0.6) is 0 Å². The highest BCUT2D eigenvalue weighted by molar-refractivity contribution is 5.89. The van der Waals surface area contributed by atoms with Crippen LogP contribution in [-0.4, -0.2) is 32.9 Å². The molecule has 2 aromatic carbocycles. The van der Waals surface area contributed by atoms with Crippen LogP contribution in [0.1, 0.15) is 22.9 Å². The van der Waals surface area contributed by atoms with Gasteiger partial charge in [0.2, 0.25) is 5.91 Å². The van der Waals surface area contributed by atoms with E-state index in [1.165, 1.54) is 6.20 Å². The van der Waals surface area contributed by atoms with E-state index in [1.807, 2.05) is 0 Å². The summed E-state index contributed by atoms with van der Waals surface area (Å²) in [6.45, 7) is 0. The van der Waals surface area contributed by atoms with Gasteiger partial charge in [-0.25, -0.2) is 4.98 Å². The van der Waals surface area contributed by atoms with Crippen molar-refractivity contribution in [3.63, 3.8) is 0 Å². The number of benzene rings is 2. The standard InChI is InChI=1S/C20H17F3N4O3/c21-20(22,23)12-7-5-11(6-8-12)17(28)19(30)27-16(18(24)29)9-13-10-25-14-3-1-2-4-15(14)26-13/h1-8,10,16-17,28H,9H2,(H2,24,29)(H,27,30)/t16-,17-/m0/s1. The highest BCUT2D eigenvalue weighted by Crippen LogP contribution is 2.30. The smallest absolute Gasteiger partial charge is 0.378 e. The molecule has 1 aromatic heterocycles. The Kier molecular flexibility index (Phi) is 5.97. The summed E-state index contributed by atoms with van der Waals surface area (Å²) >= 11 is 0. The average Bonchev–Trinajstić information content (AvgIpc) is 2.72. The second kappa shape index (κ2) is 8.46. The molecular weight excluding hydrogens is 401 g/mol. The molecule has 0 spiro atoms. The summed E-state index contributed by atoms with van der Waals surface area (Å²) in [6.07, 6.45) is -4.95. The topological polar surface area (TPSA) is 118 Å². The zero-order valence-corrected chi connectivity index (χ0v) is 15.4. The number of aromatic nitrogens is 2. The fourth-order valence-corrected chi connectivity index (χ4v) is 2.78. The average molecular weight is 418 g/mol. The van der Waals surface area contributed by atoms with Crippen molar-refractivity contribution in [3.05, 3.63) is 71.5 Å². The number of alkyl halides is 3. The maximum absolute atomic E-state index is 12.6. The molecule has 0 aliphatic carbocycles. The number of nitrogens with zero attached hydrogens (tertiary/aromatic N) is 2. The van der Waals surface area contributed by atoms with Crippen LogP contribution < -0.4 is 11.1 Å². The molecule has 0 unspecified atom stereocenters. The number of primary amides is 1. The van der Waals surface area contributed by atoms with Crippen molar-refractivity contribution in [2.75, 3.05) is 0 Å². The zero-order chi connectivity index (χ0) is 21.9. The fraction of sp³-hybridized carbons (Fsp3) is 0.200. The van der Waals surface area contributed by atoms with Crippen molar-refractivity contribution in [2.24, 2.45) is 5.73 Å². The van der Waals surface area contributed by atoms with Gasteiger partial charge in [-0.15, -0.1) is 0 Å². The Labute approximate surface area is 168 Å². The van der Waals surface area contributed by atoms with Crippen LogP contribution in [0.25, 0.3) is 11.0 Å². The first-order chi connectivity index (χ1) is 14.1. The summed E-state index contributed by atoms with van der Waals surface area (Å²) < 4.78 is 37.9. The van der Waals surface area contributed by atoms with E-state index in [-0.39, 0.29) is 12.0 Å². The lowest BCUT2D eigenvalue weighted by Crippen LogP contribution is -2.47. The quantitative estimate of drug-likeness (QED) is 0.565. The zero-order valence-electron chi connectivity index (χ0n) is 15.4. The summed E-state index contributed by atoms with van der Waals surface area (Å²) in [5, 5.41) is 12.5. The number of nitrogens with one attached hydrogen (secondary N) is 1. The second-order valence-corrected chi connectivity index (χ2v) is 6.54. The minimum absolute atomic E-state index is 0.0609. The van der Waals surface area contributed by atoms with Gasteiger partial charge in [0.1, 0.15) is 6.04 Å². The number of aliphatic hydroxyl groups excluding tert-OH is 1. The van der Waals surface area contributed by atoms with E-state index >= 15 is 0 Å².